The largest absolute Gasteiger partial charge is 0.279 e. The number of halogens is 1. The monoisotopic (exact) mass is 353 g/mol. The van der Waals surface area contributed by atoms with Gasteiger partial charge in [0.15, 0.2) is 0 Å². The summed E-state index contributed by atoms with van der Waals surface area (Å²) in [5.74, 6) is 0. The lowest BCUT2D eigenvalue weighted by Crippen LogP contribution is -2.11. The average Bonchev–Trinajstić information content (AvgIpc) is 2.41. The van der Waals surface area contributed by atoms with Crippen LogP contribution >= 0.6 is 15.9 Å². The van der Waals surface area contributed by atoms with Crippen LogP contribution in [0.4, 0.5) is 5.69 Å². The summed E-state index contributed by atoms with van der Waals surface area (Å²) in [5.41, 5.74) is 4.43. The van der Waals surface area contributed by atoms with Crippen LogP contribution in [0.15, 0.2) is 63.0 Å². The number of nitrogens with two attached hydrogens (primary N) is 1. The molecule has 0 aromatic heterocycles. The first-order valence-electron chi connectivity index (χ1n) is 5.63. The summed E-state index contributed by atoms with van der Waals surface area (Å²) in [7, 11) is -3.66. The van der Waals surface area contributed by atoms with Crippen LogP contribution in [0.1, 0.15) is 5.56 Å². The van der Waals surface area contributed by atoms with Crippen LogP contribution in [0, 0.1) is 0 Å². The van der Waals surface area contributed by atoms with Crippen molar-refractivity contribution in [3.05, 3.63) is 58.6 Å². The maximum absolute atomic E-state index is 11.1. The molecule has 3 N–H and O–H groups in total. The van der Waals surface area contributed by atoms with Crippen LogP contribution in [0.3, 0.4) is 0 Å². The maximum Gasteiger partial charge on any atom is 0.238 e. The molecule has 0 atom stereocenters. The lowest BCUT2D eigenvalue weighted by Gasteiger charge is -2.02. The standard InChI is InChI=1S/C13H12BrN3O2S/c14-11-3-1-10(2-4-11)9-16-17-12-5-7-13(8-6-12)20(15,18)19/h1-9,17H,(H2,15,18,19). The van der Waals surface area contributed by atoms with Crippen LogP contribution in [-0.2, 0) is 10.0 Å². The fraction of sp³-hybridized carbons (Fsp3) is 0. The van der Waals surface area contributed by atoms with Crippen molar-refractivity contribution in [2.24, 2.45) is 10.2 Å². The Hall–Kier alpha value is -1.70. The van der Waals surface area contributed by atoms with E-state index in [0.29, 0.717) is 5.69 Å². The minimum Gasteiger partial charge on any atom is -0.279 e. The molecule has 0 aliphatic heterocycles. The molecule has 0 fully saturated rings. The van der Waals surface area contributed by atoms with E-state index in [2.05, 4.69) is 26.5 Å². The molecule has 7 heteroatoms. The molecule has 2 rings (SSSR count). The third-order valence-electron chi connectivity index (χ3n) is 2.46. The predicted molar refractivity (Wildman–Crippen MR) is 83.2 cm³/mol. The van der Waals surface area contributed by atoms with E-state index >= 15 is 0 Å². The van der Waals surface area contributed by atoms with Crippen molar-refractivity contribution in [1.29, 1.82) is 0 Å². The number of benzene rings is 2. The number of nitrogens with zero attached hydrogens (tertiary/aromatic N) is 1. The summed E-state index contributed by atoms with van der Waals surface area (Å²) in [6, 6.07) is 13.7. The summed E-state index contributed by atoms with van der Waals surface area (Å²) in [5, 5.41) is 9.08. The first kappa shape index (κ1) is 14.7. The molecule has 0 bridgehead atoms. The molecular weight excluding hydrogens is 342 g/mol. The Bertz CT molecular complexity index is 710. The number of sulfonamides is 1. The van der Waals surface area contributed by atoms with Crippen molar-refractivity contribution >= 4 is 37.9 Å². The molecule has 5 nitrogen and oxygen atoms in total. The van der Waals surface area contributed by atoms with Gasteiger partial charge in [-0.05, 0) is 42.0 Å². The van der Waals surface area contributed by atoms with Crippen LogP contribution in [0.2, 0.25) is 0 Å². The van der Waals surface area contributed by atoms with E-state index in [9.17, 15) is 8.42 Å². The van der Waals surface area contributed by atoms with Crippen LogP contribution in [0.5, 0.6) is 0 Å². The van der Waals surface area contributed by atoms with Gasteiger partial charge in [-0.2, -0.15) is 5.10 Å². The van der Waals surface area contributed by atoms with E-state index in [-0.39, 0.29) is 4.90 Å². The van der Waals surface area contributed by atoms with E-state index in [4.69, 9.17) is 5.14 Å². The van der Waals surface area contributed by atoms with E-state index in [1.54, 1.807) is 18.3 Å². The quantitative estimate of drug-likeness (QED) is 0.654. The minimum absolute atomic E-state index is 0.0694. The number of nitrogens with one attached hydrogen (secondary N) is 1. The van der Waals surface area contributed by atoms with Gasteiger partial charge in [0.1, 0.15) is 0 Å². The van der Waals surface area contributed by atoms with Crippen molar-refractivity contribution < 1.29 is 8.42 Å². The zero-order chi connectivity index (χ0) is 14.6. The molecule has 20 heavy (non-hydrogen) atoms. The number of hydrogen-bond donors (Lipinski definition) is 2. The lowest BCUT2D eigenvalue weighted by molar-refractivity contribution is 0.598. The highest BCUT2D eigenvalue weighted by atomic mass is 79.9. The molecule has 104 valence electrons. The molecule has 0 aliphatic carbocycles. The summed E-state index contributed by atoms with van der Waals surface area (Å²) in [4.78, 5) is 0.0694. The molecule has 0 aliphatic rings. The number of hydrogen-bond acceptors (Lipinski definition) is 4. The van der Waals surface area contributed by atoms with Crippen molar-refractivity contribution in [2.45, 2.75) is 4.90 Å². The van der Waals surface area contributed by atoms with Gasteiger partial charge in [-0.3, -0.25) is 5.43 Å². The molecule has 0 saturated carbocycles. The Morgan fingerprint density at radius 1 is 1.05 bits per heavy atom. The third-order valence-corrected chi connectivity index (χ3v) is 3.92. The second-order valence-electron chi connectivity index (χ2n) is 3.99. The fourth-order valence-electron chi connectivity index (χ4n) is 1.45. The topological polar surface area (TPSA) is 84.5 Å². The highest BCUT2D eigenvalue weighted by Crippen LogP contribution is 2.13. The predicted octanol–water partition coefficient (Wildman–Crippen LogP) is 2.54. The number of primary sulfonamides is 1. The summed E-state index contributed by atoms with van der Waals surface area (Å²) in [6.45, 7) is 0. The van der Waals surface area contributed by atoms with E-state index in [1.165, 1.54) is 12.1 Å². The van der Waals surface area contributed by atoms with Crippen molar-refractivity contribution in [3.8, 4) is 0 Å². The van der Waals surface area contributed by atoms with E-state index in [1.807, 2.05) is 24.3 Å². The van der Waals surface area contributed by atoms with Gasteiger partial charge in [-0.15, -0.1) is 0 Å². The molecule has 0 radical (unpaired) electrons. The van der Waals surface area contributed by atoms with Gasteiger partial charge in [-0.1, -0.05) is 28.1 Å². The molecule has 2 aromatic rings. The molecule has 0 spiro atoms. The molecule has 0 saturated heterocycles. The highest BCUT2D eigenvalue weighted by molar-refractivity contribution is 9.10. The molecule has 0 unspecified atom stereocenters. The fourth-order valence-corrected chi connectivity index (χ4v) is 2.23. The number of rotatable bonds is 4. The zero-order valence-electron chi connectivity index (χ0n) is 10.3. The van der Waals surface area contributed by atoms with Gasteiger partial charge in [0.05, 0.1) is 16.8 Å². The zero-order valence-corrected chi connectivity index (χ0v) is 12.7. The Balaban J connectivity index is 2.02. The van der Waals surface area contributed by atoms with Crippen molar-refractivity contribution in [2.75, 3.05) is 5.43 Å². The van der Waals surface area contributed by atoms with Gasteiger partial charge in [0, 0.05) is 4.47 Å². The second kappa shape index (κ2) is 6.17. The van der Waals surface area contributed by atoms with Crippen LogP contribution in [0.25, 0.3) is 0 Å². The Morgan fingerprint density at radius 2 is 1.65 bits per heavy atom. The van der Waals surface area contributed by atoms with Gasteiger partial charge < -0.3 is 0 Å². The minimum atomic E-state index is -3.66. The normalized spacial score (nSPS) is 11.7. The van der Waals surface area contributed by atoms with Gasteiger partial charge >= 0.3 is 0 Å². The van der Waals surface area contributed by atoms with Crippen LogP contribution in [-0.4, -0.2) is 14.6 Å². The summed E-state index contributed by atoms with van der Waals surface area (Å²) in [6.07, 6.45) is 1.67. The molecule has 0 amide bonds. The number of hydrazone groups is 1. The van der Waals surface area contributed by atoms with Gasteiger partial charge in [-0.25, -0.2) is 13.6 Å². The molecule has 0 heterocycles. The first-order valence-corrected chi connectivity index (χ1v) is 7.96. The second-order valence-corrected chi connectivity index (χ2v) is 6.47. The highest BCUT2D eigenvalue weighted by Gasteiger charge is 2.05. The lowest BCUT2D eigenvalue weighted by atomic mass is 10.2. The number of anilines is 1. The third kappa shape index (κ3) is 4.16. The first-order chi connectivity index (χ1) is 9.45. The van der Waals surface area contributed by atoms with Crippen molar-refractivity contribution in [3.63, 3.8) is 0 Å². The maximum atomic E-state index is 11.1. The Morgan fingerprint density at radius 3 is 2.20 bits per heavy atom. The van der Waals surface area contributed by atoms with Gasteiger partial charge in [0.25, 0.3) is 0 Å². The SMILES string of the molecule is NS(=O)(=O)c1ccc(NN=Cc2ccc(Br)cc2)cc1. The van der Waals surface area contributed by atoms with Crippen LogP contribution < -0.4 is 10.6 Å². The summed E-state index contributed by atoms with van der Waals surface area (Å²) >= 11 is 3.35. The van der Waals surface area contributed by atoms with E-state index < -0.39 is 10.0 Å². The molecule has 2 aromatic carbocycles. The van der Waals surface area contributed by atoms with Gasteiger partial charge in [0.2, 0.25) is 10.0 Å². The van der Waals surface area contributed by atoms with E-state index in [0.717, 1.165) is 10.0 Å². The van der Waals surface area contributed by atoms with Crippen molar-refractivity contribution in [1.82, 2.24) is 0 Å². The molecular formula is C13H12BrN3O2S. The summed E-state index contributed by atoms with van der Waals surface area (Å²) < 4.78 is 23.2. The average molecular weight is 354 g/mol. The Labute approximate surface area is 125 Å². The smallest absolute Gasteiger partial charge is 0.238 e. The Kier molecular flexibility index (Phi) is 4.53.